The molecule has 0 bridgehead atoms. The van der Waals surface area contributed by atoms with E-state index in [1.807, 2.05) is 18.5 Å². The number of hydrogen-bond donors (Lipinski definition) is 0. The van der Waals surface area contributed by atoms with Gasteiger partial charge in [-0.1, -0.05) is 6.07 Å². The maximum atomic E-state index is 5.98. The van der Waals surface area contributed by atoms with Gasteiger partial charge in [-0.3, -0.25) is 14.8 Å². The lowest BCUT2D eigenvalue weighted by molar-refractivity contribution is 0.00161. The highest BCUT2D eigenvalue weighted by atomic mass is 16.5. The maximum absolute atomic E-state index is 5.98. The van der Waals surface area contributed by atoms with E-state index < -0.39 is 0 Å². The fraction of sp³-hybridized carbons (Fsp3) is 0.722. The lowest BCUT2D eigenvalue weighted by Gasteiger charge is -2.43. The van der Waals surface area contributed by atoms with Gasteiger partial charge in [0.2, 0.25) is 0 Å². The third-order valence-electron chi connectivity index (χ3n) is 5.00. The van der Waals surface area contributed by atoms with Crippen molar-refractivity contribution in [3.63, 3.8) is 0 Å². The molecule has 0 radical (unpaired) electrons. The number of methoxy groups -OCH3 is 1. The molecular weight excluding hydrogens is 290 g/mol. The Bertz CT molecular complexity index is 471. The average molecular weight is 319 g/mol. The molecule has 3 heterocycles. The van der Waals surface area contributed by atoms with Crippen molar-refractivity contribution in [3.05, 3.63) is 30.1 Å². The minimum atomic E-state index is 0.269. The van der Waals surface area contributed by atoms with E-state index in [0.29, 0.717) is 0 Å². The number of piperidine rings is 1. The van der Waals surface area contributed by atoms with Gasteiger partial charge in [-0.05, 0) is 31.0 Å². The number of hydrogen-bond acceptors (Lipinski definition) is 5. The molecule has 2 saturated heterocycles. The summed E-state index contributed by atoms with van der Waals surface area (Å²) in [5.74, 6) is 0. The van der Waals surface area contributed by atoms with E-state index in [2.05, 4.69) is 20.9 Å². The molecular formula is C18H29N3O2. The zero-order chi connectivity index (χ0) is 16.0. The Morgan fingerprint density at radius 3 is 3.04 bits per heavy atom. The molecule has 0 amide bonds. The molecule has 2 aliphatic rings. The zero-order valence-corrected chi connectivity index (χ0v) is 14.2. The second-order valence-electron chi connectivity index (χ2n) is 7.00. The van der Waals surface area contributed by atoms with Gasteiger partial charge in [0, 0.05) is 57.6 Å². The van der Waals surface area contributed by atoms with Crippen LogP contribution >= 0.6 is 0 Å². The number of likely N-dealkylation sites (tertiary alicyclic amines) is 1. The lowest BCUT2D eigenvalue weighted by atomic mass is 9.80. The third kappa shape index (κ3) is 4.73. The summed E-state index contributed by atoms with van der Waals surface area (Å²) in [5.41, 5.74) is 1.57. The van der Waals surface area contributed by atoms with Gasteiger partial charge in [0.25, 0.3) is 0 Å². The van der Waals surface area contributed by atoms with Crippen LogP contribution in [0, 0.1) is 5.41 Å². The van der Waals surface area contributed by atoms with Crippen molar-refractivity contribution in [2.45, 2.75) is 19.4 Å². The number of aromatic nitrogens is 1. The van der Waals surface area contributed by atoms with Crippen molar-refractivity contribution in [1.29, 1.82) is 0 Å². The highest BCUT2D eigenvalue weighted by Crippen LogP contribution is 2.33. The fourth-order valence-corrected chi connectivity index (χ4v) is 3.93. The zero-order valence-electron chi connectivity index (χ0n) is 14.2. The van der Waals surface area contributed by atoms with Crippen LogP contribution in [-0.4, -0.2) is 74.4 Å². The van der Waals surface area contributed by atoms with Crippen LogP contribution in [0.2, 0.25) is 0 Å². The van der Waals surface area contributed by atoms with Crippen molar-refractivity contribution < 1.29 is 9.47 Å². The maximum Gasteiger partial charge on any atom is 0.0593 e. The average Bonchev–Trinajstić information content (AvgIpc) is 2.76. The third-order valence-corrected chi connectivity index (χ3v) is 5.00. The molecule has 2 fully saturated rings. The summed E-state index contributed by atoms with van der Waals surface area (Å²) in [6, 6.07) is 4.19. The van der Waals surface area contributed by atoms with Crippen LogP contribution in [-0.2, 0) is 16.0 Å². The highest BCUT2D eigenvalue weighted by molar-refractivity contribution is 5.08. The Morgan fingerprint density at radius 1 is 1.30 bits per heavy atom. The largest absolute Gasteiger partial charge is 0.383 e. The molecule has 1 unspecified atom stereocenters. The van der Waals surface area contributed by atoms with Gasteiger partial charge in [-0.2, -0.15) is 0 Å². The van der Waals surface area contributed by atoms with Crippen molar-refractivity contribution in [1.82, 2.24) is 14.8 Å². The smallest absolute Gasteiger partial charge is 0.0593 e. The summed E-state index contributed by atoms with van der Waals surface area (Å²) < 4.78 is 11.2. The first-order chi connectivity index (χ1) is 11.3. The number of nitrogens with zero attached hydrogens (tertiary/aromatic N) is 3. The van der Waals surface area contributed by atoms with E-state index in [4.69, 9.17) is 9.47 Å². The summed E-state index contributed by atoms with van der Waals surface area (Å²) >= 11 is 0. The van der Waals surface area contributed by atoms with Crippen molar-refractivity contribution in [2.75, 3.05) is 59.7 Å². The van der Waals surface area contributed by atoms with Crippen molar-refractivity contribution in [3.8, 4) is 0 Å². The monoisotopic (exact) mass is 319 g/mol. The Hall–Kier alpha value is -1.01. The minimum absolute atomic E-state index is 0.269. The van der Waals surface area contributed by atoms with E-state index >= 15 is 0 Å². The van der Waals surface area contributed by atoms with Gasteiger partial charge < -0.3 is 9.47 Å². The van der Waals surface area contributed by atoms with E-state index in [0.717, 1.165) is 52.5 Å². The van der Waals surface area contributed by atoms with Gasteiger partial charge >= 0.3 is 0 Å². The molecule has 2 aliphatic heterocycles. The van der Waals surface area contributed by atoms with Crippen molar-refractivity contribution in [2.24, 2.45) is 5.41 Å². The first-order valence-corrected chi connectivity index (χ1v) is 8.70. The number of rotatable bonds is 5. The van der Waals surface area contributed by atoms with Gasteiger partial charge in [-0.15, -0.1) is 0 Å². The molecule has 1 aromatic rings. The van der Waals surface area contributed by atoms with Gasteiger partial charge in [0.15, 0.2) is 0 Å². The standard InChI is InChI=1S/C18H29N3O2/c1-22-10-8-20-9-11-23-16-18(14-20)5-3-7-21(15-18)13-17-4-2-6-19-12-17/h2,4,6,12H,3,5,7-11,13-16H2,1H3. The molecule has 1 spiro atoms. The highest BCUT2D eigenvalue weighted by Gasteiger charge is 2.38. The van der Waals surface area contributed by atoms with E-state index in [9.17, 15) is 0 Å². The molecule has 3 rings (SSSR count). The normalized spacial score (nSPS) is 27.2. The first kappa shape index (κ1) is 16.8. The van der Waals surface area contributed by atoms with Crippen molar-refractivity contribution >= 4 is 0 Å². The van der Waals surface area contributed by atoms with E-state index in [1.54, 1.807) is 7.11 Å². The molecule has 0 aliphatic carbocycles. The molecule has 0 N–H and O–H groups in total. The lowest BCUT2D eigenvalue weighted by Crippen LogP contribution is -2.50. The molecule has 0 saturated carbocycles. The predicted octanol–water partition coefficient (Wildman–Crippen LogP) is 1.64. The number of ether oxygens (including phenoxy) is 2. The van der Waals surface area contributed by atoms with Crippen LogP contribution in [0.25, 0.3) is 0 Å². The quantitative estimate of drug-likeness (QED) is 0.825. The van der Waals surface area contributed by atoms with Crippen LogP contribution in [0.15, 0.2) is 24.5 Å². The summed E-state index contributed by atoms with van der Waals surface area (Å²) in [4.78, 5) is 9.33. The van der Waals surface area contributed by atoms with Gasteiger partial charge in [-0.25, -0.2) is 0 Å². The molecule has 1 atom stereocenters. The predicted molar refractivity (Wildman–Crippen MR) is 90.3 cm³/mol. The first-order valence-electron chi connectivity index (χ1n) is 8.70. The van der Waals surface area contributed by atoms with Crippen LogP contribution in [0.3, 0.4) is 0 Å². The Labute approximate surface area is 139 Å². The Morgan fingerprint density at radius 2 is 2.22 bits per heavy atom. The van der Waals surface area contributed by atoms with Crippen LogP contribution in [0.1, 0.15) is 18.4 Å². The summed E-state index contributed by atoms with van der Waals surface area (Å²) in [7, 11) is 1.78. The summed E-state index contributed by atoms with van der Waals surface area (Å²) in [6.45, 7) is 8.97. The molecule has 1 aromatic heterocycles. The van der Waals surface area contributed by atoms with Crippen LogP contribution in [0.5, 0.6) is 0 Å². The fourth-order valence-electron chi connectivity index (χ4n) is 3.93. The molecule has 128 valence electrons. The van der Waals surface area contributed by atoms with E-state index in [-0.39, 0.29) is 5.41 Å². The molecule has 5 nitrogen and oxygen atoms in total. The van der Waals surface area contributed by atoms with Gasteiger partial charge in [0.05, 0.1) is 19.8 Å². The second kappa shape index (κ2) is 8.20. The molecule has 23 heavy (non-hydrogen) atoms. The Kier molecular flexibility index (Phi) is 6.00. The molecule has 5 heteroatoms. The van der Waals surface area contributed by atoms with E-state index in [1.165, 1.54) is 24.9 Å². The summed E-state index contributed by atoms with van der Waals surface area (Å²) in [5, 5.41) is 0. The topological polar surface area (TPSA) is 37.8 Å². The molecule has 0 aromatic carbocycles. The van der Waals surface area contributed by atoms with Crippen LogP contribution in [0.4, 0.5) is 0 Å². The summed E-state index contributed by atoms with van der Waals surface area (Å²) in [6.07, 6.45) is 6.34. The van der Waals surface area contributed by atoms with Gasteiger partial charge in [0.1, 0.15) is 0 Å². The van der Waals surface area contributed by atoms with Crippen LogP contribution < -0.4 is 0 Å². The SMILES string of the molecule is COCCN1CCOCC2(CCCN(Cc3cccnc3)C2)C1. The minimum Gasteiger partial charge on any atom is -0.383 e. The Balaban J connectivity index is 1.62. The number of pyridine rings is 1. The second-order valence-corrected chi connectivity index (χ2v) is 7.00.